The van der Waals surface area contributed by atoms with Gasteiger partial charge in [0.05, 0.1) is 18.0 Å². The molecule has 0 aromatic carbocycles. The van der Waals surface area contributed by atoms with Crippen molar-refractivity contribution in [2.24, 2.45) is 10.3 Å². The molecule has 7 nitrogen and oxygen atoms in total. The molecule has 2 aromatic heterocycles. The first-order valence-corrected chi connectivity index (χ1v) is 7.18. The van der Waals surface area contributed by atoms with Crippen molar-refractivity contribution in [3.05, 3.63) is 42.4 Å². The first-order valence-electron chi connectivity index (χ1n) is 6.85. The van der Waals surface area contributed by atoms with Crippen LogP contribution in [0.2, 0.25) is 0 Å². The molecule has 2 unspecified atom stereocenters. The smallest absolute Gasteiger partial charge is 0.246 e. The van der Waals surface area contributed by atoms with Crippen molar-refractivity contribution < 1.29 is 13.2 Å². The molecule has 2 aliphatic heterocycles. The summed E-state index contributed by atoms with van der Waals surface area (Å²) in [4.78, 5) is 9.32. The Morgan fingerprint density at radius 1 is 1.25 bits per heavy atom. The van der Waals surface area contributed by atoms with Crippen molar-refractivity contribution in [1.29, 1.82) is 0 Å². The van der Waals surface area contributed by atoms with Gasteiger partial charge in [-0.3, -0.25) is 0 Å². The first-order chi connectivity index (χ1) is 11.3. The second kappa shape index (κ2) is 4.77. The highest BCUT2D eigenvalue weighted by atomic mass is 35.5. The van der Waals surface area contributed by atoms with E-state index in [-0.39, 0.29) is 10.3 Å². The third-order valence-corrected chi connectivity index (χ3v) is 4.43. The van der Waals surface area contributed by atoms with Crippen molar-refractivity contribution in [3.8, 4) is 0 Å². The van der Waals surface area contributed by atoms with E-state index in [0.717, 1.165) is 16.9 Å². The minimum atomic E-state index is -4.56. The third-order valence-electron chi connectivity index (χ3n) is 4.05. The van der Waals surface area contributed by atoms with Crippen LogP contribution in [0.1, 0.15) is 5.69 Å². The first kappa shape index (κ1) is 15.1. The van der Waals surface area contributed by atoms with E-state index >= 15 is 0 Å². The van der Waals surface area contributed by atoms with Crippen LogP contribution in [0.25, 0.3) is 0 Å². The zero-order valence-electron chi connectivity index (χ0n) is 12.2. The number of fused-ring (bicyclic) bond motifs is 3. The van der Waals surface area contributed by atoms with Crippen molar-refractivity contribution in [2.45, 2.75) is 12.5 Å². The minimum Gasteiger partial charge on any atom is -0.246 e. The summed E-state index contributed by atoms with van der Waals surface area (Å²) in [5.74, 6) is 0.441. The van der Waals surface area contributed by atoms with Crippen LogP contribution in [0.15, 0.2) is 47.0 Å². The van der Waals surface area contributed by atoms with Crippen LogP contribution in [0, 0.1) is 0 Å². The third kappa shape index (κ3) is 1.89. The van der Waals surface area contributed by atoms with Crippen molar-refractivity contribution in [3.63, 3.8) is 0 Å². The molecule has 0 amide bonds. The van der Waals surface area contributed by atoms with E-state index in [2.05, 4.69) is 20.3 Å². The lowest BCUT2D eigenvalue weighted by molar-refractivity contribution is -0.141. The van der Waals surface area contributed by atoms with Gasteiger partial charge in [0.25, 0.3) is 0 Å². The van der Waals surface area contributed by atoms with Gasteiger partial charge in [0.15, 0.2) is 0 Å². The van der Waals surface area contributed by atoms with E-state index in [0.29, 0.717) is 11.5 Å². The monoisotopic (exact) mass is 356 g/mol. The largest absolute Gasteiger partial charge is 0.433 e. The van der Waals surface area contributed by atoms with Crippen molar-refractivity contribution >= 4 is 29.0 Å². The molecule has 0 saturated carbocycles. The lowest BCUT2D eigenvalue weighted by Gasteiger charge is -2.29. The summed E-state index contributed by atoms with van der Waals surface area (Å²) in [6, 6.07) is 6.11. The average Bonchev–Trinajstić information content (AvgIpc) is 2.98. The Morgan fingerprint density at radius 2 is 2.04 bits per heavy atom. The standard InChI is InChI=1S/C13H10ClF3N7/c1-24-9-7-19-10(13(15,16)17)6-8(9)22(11-4-2-3-5-18-11)12(24)20-21-23(24)14/h2-7,12H,1H3/q+1. The molecule has 4 heterocycles. The highest BCUT2D eigenvalue weighted by molar-refractivity contribution is 6.13. The number of aromatic nitrogens is 2. The Morgan fingerprint density at radius 3 is 2.71 bits per heavy atom. The molecule has 11 heteroatoms. The zero-order chi connectivity index (χ0) is 17.1. The number of anilines is 2. The fourth-order valence-electron chi connectivity index (χ4n) is 2.84. The van der Waals surface area contributed by atoms with Crippen LogP contribution in [0.5, 0.6) is 0 Å². The quantitative estimate of drug-likeness (QED) is 0.578. The molecule has 0 aliphatic carbocycles. The predicted octanol–water partition coefficient (Wildman–Crippen LogP) is 3.62. The Labute approximate surface area is 139 Å². The molecule has 0 fully saturated rings. The fourth-order valence-corrected chi connectivity index (χ4v) is 3.04. The van der Waals surface area contributed by atoms with E-state index in [4.69, 9.17) is 11.8 Å². The van der Waals surface area contributed by atoms with Gasteiger partial charge in [-0.2, -0.15) is 13.2 Å². The number of nitrogens with zero attached hydrogens (tertiary/aromatic N) is 7. The molecule has 2 atom stereocenters. The van der Waals surface area contributed by atoms with Gasteiger partial charge in [-0.1, -0.05) is 11.2 Å². The van der Waals surface area contributed by atoms with Gasteiger partial charge in [0, 0.05) is 6.20 Å². The number of alkyl halides is 3. The maximum atomic E-state index is 13.1. The second-order valence-electron chi connectivity index (χ2n) is 5.43. The summed E-state index contributed by atoms with van der Waals surface area (Å²) in [5, 5.41) is 7.90. The van der Waals surface area contributed by atoms with E-state index in [1.54, 1.807) is 36.3 Å². The Kier molecular flexibility index (Phi) is 3.00. The normalized spacial score (nSPS) is 25.1. The SMILES string of the molecule is C[N+]12c3cnc(C(F)(F)F)cc3N(c3ccccn3)C1N=NN2Cl. The maximum absolute atomic E-state index is 13.1. The van der Waals surface area contributed by atoms with Gasteiger partial charge in [-0.05, 0) is 28.1 Å². The van der Waals surface area contributed by atoms with Gasteiger partial charge in [-0.15, -0.1) is 4.59 Å². The van der Waals surface area contributed by atoms with Crippen LogP contribution >= 0.6 is 11.8 Å². The van der Waals surface area contributed by atoms with Gasteiger partial charge in [0.2, 0.25) is 5.69 Å². The highest BCUT2D eigenvalue weighted by Crippen LogP contribution is 2.52. The summed E-state index contributed by atoms with van der Waals surface area (Å²) in [6.07, 6.45) is -2.55. The number of pyridine rings is 2. The van der Waals surface area contributed by atoms with Crippen LogP contribution in [-0.4, -0.2) is 27.9 Å². The van der Waals surface area contributed by atoms with Crippen LogP contribution in [-0.2, 0) is 6.18 Å². The molecule has 0 saturated heterocycles. The fraction of sp³-hybridized carbons (Fsp3) is 0.231. The molecule has 2 aromatic rings. The number of hydrogen-bond acceptors (Lipinski definition) is 6. The molecule has 0 bridgehead atoms. The molecule has 24 heavy (non-hydrogen) atoms. The molecule has 4 rings (SSSR count). The topological polar surface area (TPSA) is 57.0 Å². The van der Waals surface area contributed by atoms with Gasteiger partial charge in [-0.25, -0.2) is 14.9 Å². The van der Waals surface area contributed by atoms with Gasteiger partial charge >= 0.3 is 12.5 Å². The lowest BCUT2D eigenvalue weighted by Crippen LogP contribution is -2.56. The summed E-state index contributed by atoms with van der Waals surface area (Å²) >= 11 is 6.11. The summed E-state index contributed by atoms with van der Waals surface area (Å²) in [5.41, 5.74) is -0.264. The van der Waals surface area contributed by atoms with E-state index in [1.807, 2.05) is 0 Å². The minimum absolute atomic E-state index is 0.154. The molecular weight excluding hydrogens is 347 g/mol. The van der Waals surface area contributed by atoms with Gasteiger partial charge in [0.1, 0.15) is 24.2 Å². The Balaban J connectivity index is 1.95. The highest BCUT2D eigenvalue weighted by Gasteiger charge is 2.59. The summed E-state index contributed by atoms with van der Waals surface area (Å²) < 4.78 is 40.1. The van der Waals surface area contributed by atoms with E-state index in [1.165, 1.54) is 0 Å². The van der Waals surface area contributed by atoms with Crippen molar-refractivity contribution in [2.75, 3.05) is 11.9 Å². The number of hydrogen-bond donors (Lipinski definition) is 0. The summed E-state index contributed by atoms with van der Waals surface area (Å²) in [7, 11) is 1.69. The maximum Gasteiger partial charge on any atom is 0.433 e. The second-order valence-corrected chi connectivity index (χ2v) is 5.73. The lowest BCUT2D eigenvalue weighted by atomic mass is 10.2. The zero-order valence-corrected chi connectivity index (χ0v) is 12.9. The van der Waals surface area contributed by atoms with E-state index in [9.17, 15) is 13.2 Å². The number of quaternary nitrogens is 1. The molecule has 0 radical (unpaired) electrons. The van der Waals surface area contributed by atoms with Crippen LogP contribution in [0.3, 0.4) is 0 Å². The van der Waals surface area contributed by atoms with Gasteiger partial charge < -0.3 is 0 Å². The Bertz CT molecular complexity index is 828. The average molecular weight is 357 g/mol. The molecule has 2 aliphatic rings. The Hall–Kier alpha value is -2.46. The van der Waals surface area contributed by atoms with Crippen LogP contribution < -0.4 is 9.49 Å². The number of rotatable bonds is 1. The molecular formula is C13H10ClF3N7+. The summed E-state index contributed by atoms with van der Waals surface area (Å²) in [6.45, 7) is 0. The molecule has 0 N–H and O–H groups in total. The van der Waals surface area contributed by atoms with Crippen LogP contribution in [0.4, 0.5) is 30.4 Å². The number of halogens is 4. The van der Waals surface area contributed by atoms with E-state index < -0.39 is 18.2 Å². The predicted molar refractivity (Wildman–Crippen MR) is 79.7 cm³/mol. The molecule has 124 valence electrons. The van der Waals surface area contributed by atoms with Crippen molar-refractivity contribution in [1.82, 2.24) is 19.2 Å². The molecule has 0 spiro atoms.